The maximum absolute atomic E-state index is 13.0. The number of hydrogen-bond donors (Lipinski definition) is 0. The summed E-state index contributed by atoms with van der Waals surface area (Å²) < 4.78 is 33.1. The van der Waals surface area contributed by atoms with Gasteiger partial charge in [-0.1, -0.05) is 37.2 Å². The lowest BCUT2D eigenvalue weighted by molar-refractivity contribution is 0.295. The van der Waals surface area contributed by atoms with Crippen LogP contribution in [0.3, 0.4) is 0 Å². The molecule has 0 N–H and O–H groups in total. The van der Waals surface area contributed by atoms with Crippen molar-refractivity contribution in [2.75, 3.05) is 6.54 Å². The third-order valence-corrected chi connectivity index (χ3v) is 6.42. The number of aryl methyl sites for hydroxylation is 1. The van der Waals surface area contributed by atoms with Crippen LogP contribution in [0.5, 0.6) is 0 Å². The van der Waals surface area contributed by atoms with Crippen LogP contribution in [0.15, 0.2) is 39.8 Å². The quantitative estimate of drug-likeness (QED) is 0.856. The van der Waals surface area contributed by atoms with Gasteiger partial charge in [-0.25, -0.2) is 8.42 Å². The highest BCUT2D eigenvalue weighted by atomic mass is 32.2. The predicted molar refractivity (Wildman–Crippen MR) is 87.6 cm³/mol. The average molecular weight is 334 g/mol. The number of nitrogens with zero attached hydrogens (tertiary/aromatic N) is 2. The summed E-state index contributed by atoms with van der Waals surface area (Å²) in [6.45, 7) is 6.42. The number of aromatic nitrogens is 1. The van der Waals surface area contributed by atoms with Crippen LogP contribution in [-0.4, -0.2) is 24.4 Å². The zero-order valence-electron chi connectivity index (χ0n) is 13.7. The van der Waals surface area contributed by atoms with Crippen LogP contribution < -0.4 is 0 Å². The first-order valence-electron chi connectivity index (χ1n) is 7.95. The lowest BCUT2D eigenvalue weighted by Gasteiger charge is -2.23. The fourth-order valence-corrected chi connectivity index (χ4v) is 4.91. The summed E-state index contributed by atoms with van der Waals surface area (Å²) in [5, 5.41) is 4.07. The molecule has 1 fully saturated rings. The Labute approximate surface area is 137 Å². The van der Waals surface area contributed by atoms with Gasteiger partial charge in [0.1, 0.15) is 0 Å². The molecule has 124 valence electrons. The molecular formula is C17H22N2O3S. The second-order valence-electron chi connectivity index (χ2n) is 6.35. The Morgan fingerprint density at radius 1 is 1.30 bits per heavy atom. The van der Waals surface area contributed by atoms with Crippen molar-refractivity contribution in [3.63, 3.8) is 0 Å². The molecule has 0 bridgehead atoms. The van der Waals surface area contributed by atoms with Gasteiger partial charge in [0, 0.05) is 12.6 Å². The van der Waals surface area contributed by atoms with E-state index < -0.39 is 10.0 Å². The number of benzene rings is 1. The van der Waals surface area contributed by atoms with Crippen LogP contribution in [0.1, 0.15) is 55.7 Å². The maximum Gasteiger partial charge on any atom is 0.244 e. The van der Waals surface area contributed by atoms with E-state index in [0.717, 1.165) is 24.1 Å². The third-order valence-electron chi connectivity index (χ3n) is 4.35. The molecule has 0 amide bonds. The molecule has 0 spiro atoms. The molecule has 1 aliphatic rings. The molecule has 3 rings (SSSR count). The number of sulfonamides is 1. The lowest BCUT2D eigenvalue weighted by Crippen LogP contribution is -2.31. The summed E-state index contributed by atoms with van der Waals surface area (Å²) in [7, 11) is -3.53. The van der Waals surface area contributed by atoms with E-state index in [4.69, 9.17) is 4.52 Å². The Morgan fingerprint density at radius 2 is 2.04 bits per heavy atom. The first-order valence-corrected chi connectivity index (χ1v) is 9.39. The Kier molecular flexibility index (Phi) is 4.29. The standard InChI is InChI=1S/C17H22N2O3S/c1-12(2)14-11-16(22-18-14)15-8-6-10-19(15)23(20,21)17-9-5-4-7-13(17)3/h4-5,7,9,11-12,15H,6,8,10H2,1-3H3/t15-/m1/s1. The lowest BCUT2D eigenvalue weighted by atomic mass is 10.1. The molecule has 0 saturated carbocycles. The van der Waals surface area contributed by atoms with Crippen molar-refractivity contribution in [1.29, 1.82) is 0 Å². The van der Waals surface area contributed by atoms with E-state index in [9.17, 15) is 8.42 Å². The maximum atomic E-state index is 13.0. The molecule has 1 saturated heterocycles. The Hall–Kier alpha value is -1.66. The van der Waals surface area contributed by atoms with E-state index in [0.29, 0.717) is 17.2 Å². The summed E-state index contributed by atoms with van der Waals surface area (Å²) in [6.07, 6.45) is 1.59. The zero-order valence-corrected chi connectivity index (χ0v) is 14.5. The van der Waals surface area contributed by atoms with Crippen molar-refractivity contribution in [2.24, 2.45) is 0 Å². The molecule has 6 heteroatoms. The normalized spacial score (nSPS) is 19.6. The molecule has 2 heterocycles. The third kappa shape index (κ3) is 2.93. The van der Waals surface area contributed by atoms with E-state index in [1.54, 1.807) is 16.4 Å². The molecule has 1 atom stereocenters. The average Bonchev–Trinajstić information content (AvgIpc) is 3.16. The van der Waals surface area contributed by atoms with Gasteiger partial charge in [-0.05, 0) is 37.3 Å². The fraction of sp³-hybridized carbons (Fsp3) is 0.471. The van der Waals surface area contributed by atoms with Crippen molar-refractivity contribution < 1.29 is 12.9 Å². The van der Waals surface area contributed by atoms with Crippen LogP contribution >= 0.6 is 0 Å². The SMILES string of the molecule is Cc1ccccc1S(=O)(=O)N1CCC[C@@H]1c1cc(C(C)C)no1. The van der Waals surface area contributed by atoms with E-state index in [-0.39, 0.29) is 12.0 Å². The first-order chi connectivity index (χ1) is 10.9. The van der Waals surface area contributed by atoms with Gasteiger partial charge in [0.2, 0.25) is 10.0 Å². The predicted octanol–water partition coefficient (Wildman–Crippen LogP) is 3.63. The van der Waals surface area contributed by atoms with E-state index >= 15 is 0 Å². The minimum atomic E-state index is -3.53. The highest BCUT2D eigenvalue weighted by molar-refractivity contribution is 7.89. The molecule has 0 aliphatic carbocycles. The van der Waals surface area contributed by atoms with Gasteiger partial charge in [-0.2, -0.15) is 4.31 Å². The summed E-state index contributed by atoms with van der Waals surface area (Å²) in [6, 6.07) is 8.72. The summed E-state index contributed by atoms with van der Waals surface area (Å²) >= 11 is 0. The van der Waals surface area contributed by atoms with Gasteiger partial charge >= 0.3 is 0 Å². The molecule has 0 unspecified atom stereocenters. The summed E-state index contributed by atoms with van der Waals surface area (Å²) in [4.78, 5) is 0.371. The van der Waals surface area contributed by atoms with E-state index in [2.05, 4.69) is 5.16 Å². The molecule has 0 radical (unpaired) electrons. The van der Waals surface area contributed by atoms with Crippen LogP contribution in [0, 0.1) is 6.92 Å². The topological polar surface area (TPSA) is 63.4 Å². The van der Waals surface area contributed by atoms with E-state index in [1.165, 1.54) is 0 Å². The van der Waals surface area contributed by atoms with Gasteiger partial charge < -0.3 is 4.52 Å². The molecule has 5 nitrogen and oxygen atoms in total. The van der Waals surface area contributed by atoms with Gasteiger partial charge in [-0.15, -0.1) is 0 Å². The first kappa shape index (κ1) is 16.2. The van der Waals surface area contributed by atoms with Gasteiger partial charge in [0.25, 0.3) is 0 Å². The minimum absolute atomic E-state index is 0.260. The van der Waals surface area contributed by atoms with Crippen LogP contribution in [0.4, 0.5) is 0 Å². The Morgan fingerprint density at radius 3 is 2.70 bits per heavy atom. The fourth-order valence-electron chi connectivity index (χ4n) is 3.02. The number of hydrogen-bond acceptors (Lipinski definition) is 4. The molecule has 1 aromatic heterocycles. The van der Waals surface area contributed by atoms with Gasteiger partial charge in [0.05, 0.1) is 16.6 Å². The van der Waals surface area contributed by atoms with Crippen LogP contribution in [0.2, 0.25) is 0 Å². The minimum Gasteiger partial charge on any atom is -0.359 e. The summed E-state index contributed by atoms with van der Waals surface area (Å²) in [5.74, 6) is 0.902. The molecule has 1 aromatic carbocycles. The molecule has 1 aliphatic heterocycles. The van der Waals surface area contributed by atoms with Crippen molar-refractivity contribution in [1.82, 2.24) is 9.46 Å². The second-order valence-corrected chi connectivity index (χ2v) is 8.21. The van der Waals surface area contributed by atoms with Crippen molar-refractivity contribution in [2.45, 2.75) is 50.5 Å². The highest BCUT2D eigenvalue weighted by Crippen LogP contribution is 2.37. The van der Waals surface area contributed by atoms with Crippen molar-refractivity contribution in [3.8, 4) is 0 Å². The van der Waals surface area contributed by atoms with Crippen molar-refractivity contribution >= 4 is 10.0 Å². The highest BCUT2D eigenvalue weighted by Gasteiger charge is 2.38. The van der Waals surface area contributed by atoms with Crippen LogP contribution in [0.25, 0.3) is 0 Å². The summed E-state index contributed by atoms with van der Waals surface area (Å²) in [5.41, 5.74) is 1.62. The largest absolute Gasteiger partial charge is 0.359 e. The van der Waals surface area contributed by atoms with Gasteiger partial charge in [-0.3, -0.25) is 0 Å². The molecule has 2 aromatic rings. The smallest absolute Gasteiger partial charge is 0.244 e. The van der Waals surface area contributed by atoms with Crippen LogP contribution in [-0.2, 0) is 10.0 Å². The Balaban J connectivity index is 1.96. The van der Waals surface area contributed by atoms with Crippen molar-refractivity contribution in [3.05, 3.63) is 47.3 Å². The monoisotopic (exact) mass is 334 g/mol. The van der Waals surface area contributed by atoms with Gasteiger partial charge in [0.15, 0.2) is 5.76 Å². The Bertz CT molecular complexity index is 796. The zero-order chi connectivity index (χ0) is 16.6. The second kappa shape index (κ2) is 6.09. The number of rotatable bonds is 4. The molecule has 23 heavy (non-hydrogen) atoms. The molecular weight excluding hydrogens is 312 g/mol. The van der Waals surface area contributed by atoms with E-state index in [1.807, 2.05) is 39.0 Å².